The third-order valence-electron chi connectivity index (χ3n) is 3.71. The second-order valence-corrected chi connectivity index (χ2v) is 5.51. The van der Waals surface area contributed by atoms with Crippen molar-refractivity contribution in [2.75, 3.05) is 6.61 Å². The van der Waals surface area contributed by atoms with Gasteiger partial charge in [-0.2, -0.15) is 0 Å². The number of ether oxygens (including phenoxy) is 1. The number of aromatic hydroxyl groups is 1. The largest absolute Gasteiger partial charge is 0.508 e. The third kappa shape index (κ3) is 2.84. The minimum absolute atomic E-state index is 0.248. The fraction of sp³-hybridized carbons (Fsp3) is 0.294. The third-order valence-corrected chi connectivity index (χ3v) is 3.71. The molecule has 2 aromatic rings. The van der Waals surface area contributed by atoms with E-state index in [0.717, 1.165) is 16.7 Å². The molecule has 0 fully saturated rings. The monoisotopic (exact) mass is 270 g/mol. The van der Waals surface area contributed by atoms with Crippen molar-refractivity contribution in [2.24, 2.45) is 0 Å². The van der Waals surface area contributed by atoms with E-state index in [9.17, 15) is 10.2 Å². The van der Waals surface area contributed by atoms with Gasteiger partial charge in [0.25, 0.3) is 0 Å². The van der Waals surface area contributed by atoms with Gasteiger partial charge in [0.2, 0.25) is 0 Å². The number of rotatable bonds is 4. The molecule has 1 aliphatic rings. The van der Waals surface area contributed by atoms with Crippen molar-refractivity contribution >= 4 is 0 Å². The summed E-state index contributed by atoms with van der Waals surface area (Å²) in [7, 11) is 0. The first-order valence-corrected chi connectivity index (χ1v) is 6.79. The minimum Gasteiger partial charge on any atom is -0.508 e. The van der Waals surface area contributed by atoms with E-state index >= 15 is 0 Å². The molecule has 0 heterocycles. The van der Waals surface area contributed by atoms with E-state index in [1.165, 1.54) is 0 Å². The molecule has 0 aliphatic heterocycles. The van der Waals surface area contributed by atoms with Gasteiger partial charge >= 0.3 is 0 Å². The van der Waals surface area contributed by atoms with Gasteiger partial charge in [0, 0.05) is 12.8 Å². The topological polar surface area (TPSA) is 49.7 Å². The molecule has 3 heteroatoms. The van der Waals surface area contributed by atoms with Gasteiger partial charge in [-0.1, -0.05) is 36.4 Å². The Kier molecular flexibility index (Phi) is 3.47. The van der Waals surface area contributed by atoms with Crippen LogP contribution in [0.25, 0.3) is 0 Å². The predicted molar refractivity (Wildman–Crippen MR) is 76.6 cm³/mol. The molecule has 0 saturated heterocycles. The van der Waals surface area contributed by atoms with E-state index in [0.29, 0.717) is 26.1 Å². The number of benzene rings is 2. The molecule has 1 atom stereocenters. The molecule has 0 saturated carbocycles. The Morgan fingerprint density at radius 3 is 2.55 bits per heavy atom. The average molecular weight is 270 g/mol. The Hall–Kier alpha value is -1.84. The number of aliphatic hydroxyl groups is 1. The summed E-state index contributed by atoms with van der Waals surface area (Å²) in [5, 5.41) is 20.1. The Morgan fingerprint density at radius 1 is 1.00 bits per heavy atom. The maximum Gasteiger partial charge on any atom is 0.115 e. The summed E-state index contributed by atoms with van der Waals surface area (Å²) < 4.78 is 5.66. The number of hydrogen-bond donors (Lipinski definition) is 2. The number of phenols is 1. The molecule has 0 aromatic heterocycles. The van der Waals surface area contributed by atoms with Gasteiger partial charge in [-0.05, 0) is 28.8 Å². The molecular weight excluding hydrogens is 252 g/mol. The van der Waals surface area contributed by atoms with Crippen LogP contribution < -0.4 is 0 Å². The van der Waals surface area contributed by atoms with Crippen molar-refractivity contribution in [2.45, 2.75) is 25.0 Å². The first kappa shape index (κ1) is 13.2. The van der Waals surface area contributed by atoms with Gasteiger partial charge in [0.1, 0.15) is 5.75 Å². The average Bonchev–Trinajstić information content (AvgIpc) is 2.75. The second kappa shape index (κ2) is 5.27. The highest BCUT2D eigenvalue weighted by molar-refractivity contribution is 5.40. The Bertz CT molecular complexity index is 594. The van der Waals surface area contributed by atoms with E-state index in [-0.39, 0.29) is 5.75 Å². The van der Waals surface area contributed by atoms with Crippen LogP contribution in [0.15, 0.2) is 48.5 Å². The van der Waals surface area contributed by atoms with Crippen LogP contribution in [-0.2, 0) is 24.2 Å². The van der Waals surface area contributed by atoms with Crippen LogP contribution in [0.3, 0.4) is 0 Å². The lowest BCUT2D eigenvalue weighted by atomic mass is 10.0. The fourth-order valence-electron chi connectivity index (χ4n) is 2.76. The number of fused-ring (bicyclic) bond motifs is 1. The molecule has 2 N–H and O–H groups in total. The summed E-state index contributed by atoms with van der Waals surface area (Å²) >= 11 is 0. The Labute approximate surface area is 118 Å². The van der Waals surface area contributed by atoms with Gasteiger partial charge in [0.15, 0.2) is 0 Å². The Morgan fingerprint density at radius 2 is 1.75 bits per heavy atom. The first-order valence-electron chi connectivity index (χ1n) is 6.79. The fourth-order valence-corrected chi connectivity index (χ4v) is 2.76. The Balaban J connectivity index is 1.59. The highest BCUT2D eigenvalue weighted by atomic mass is 16.5. The molecule has 1 unspecified atom stereocenters. The number of phenolic OH excluding ortho intramolecular Hbond substituents is 1. The zero-order valence-electron chi connectivity index (χ0n) is 11.2. The molecule has 0 amide bonds. The van der Waals surface area contributed by atoms with Crippen molar-refractivity contribution in [3.63, 3.8) is 0 Å². The summed E-state index contributed by atoms with van der Waals surface area (Å²) in [4.78, 5) is 0. The molecular formula is C17H18O3. The van der Waals surface area contributed by atoms with E-state index in [4.69, 9.17) is 4.74 Å². The van der Waals surface area contributed by atoms with Crippen LogP contribution in [0, 0.1) is 0 Å². The maximum atomic E-state index is 10.6. The van der Waals surface area contributed by atoms with Crippen molar-refractivity contribution in [1.29, 1.82) is 0 Å². The molecule has 3 rings (SSSR count). The smallest absolute Gasteiger partial charge is 0.115 e. The van der Waals surface area contributed by atoms with Crippen LogP contribution in [-0.4, -0.2) is 22.4 Å². The van der Waals surface area contributed by atoms with Gasteiger partial charge in [0.05, 0.1) is 18.8 Å². The minimum atomic E-state index is -0.856. The molecule has 20 heavy (non-hydrogen) atoms. The molecule has 1 aliphatic carbocycles. The van der Waals surface area contributed by atoms with Crippen LogP contribution >= 0.6 is 0 Å². The van der Waals surface area contributed by atoms with Crippen molar-refractivity contribution in [1.82, 2.24) is 0 Å². The molecule has 0 bridgehead atoms. The summed E-state index contributed by atoms with van der Waals surface area (Å²) in [5.74, 6) is 0.248. The second-order valence-electron chi connectivity index (χ2n) is 5.51. The van der Waals surface area contributed by atoms with Crippen molar-refractivity contribution in [3.8, 4) is 5.75 Å². The summed E-state index contributed by atoms with van der Waals surface area (Å²) in [6, 6.07) is 15.2. The van der Waals surface area contributed by atoms with Gasteiger partial charge in [-0.3, -0.25) is 0 Å². The van der Waals surface area contributed by atoms with Gasteiger partial charge < -0.3 is 14.9 Å². The quantitative estimate of drug-likeness (QED) is 0.897. The maximum absolute atomic E-state index is 10.6. The normalized spacial score (nSPS) is 20.9. The SMILES string of the molecule is Oc1ccc2c(c1)CC(O)(COCc1ccccc1)C2. The lowest BCUT2D eigenvalue weighted by Gasteiger charge is -2.22. The zero-order chi connectivity index (χ0) is 14.0. The van der Waals surface area contributed by atoms with E-state index < -0.39 is 5.60 Å². The van der Waals surface area contributed by atoms with E-state index in [1.54, 1.807) is 12.1 Å². The highest BCUT2D eigenvalue weighted by Crippen LogP contribution is 2.32. The molecule has 3 nitrogen and oxygen atoms in total. The lowest BCUT2D eigenvalue weighted by Crippen LogP contribution is -2.35. The van der Waals surface area contributed by atoms with Gasteiger partial charge in [-0.15, -0.1) is 0 Å². The summed E-state index contributed by atoms with van der Waals surface area (Å²) in [6.07, 6.45) is 1.11. The van der Waals surface area contributed by atoms with Crippen LogP contribution in [0.2, 0.25) is 0 Å². The molecule has 2 aromatic carbocycles. The predicted octanol–water partition coefficient (Wildman–Crippen LogP) is 2.44. The molecule has 0 radical (unpaired) electrons. The van der Waals surface area contributed by atoms with Crippen LogP contribution in [0.4, 0.5) is 0 Å². The zero-order valence-corrected chi connectivity index (χ0v) is 11.2. The first-order chi connectivity index (χ1) is 9.65. The standard InChI is InChI=1S/C17H18O3/c18-16-7-6-14-9-17(19,10-15(14)8-16)12-20-11-13-4-2-1-3-5-13/h1-8,18-19H,9-12H2. The van der Waals surface area contributed by atoms with Crippen LogP contribution in [0.5, 0.6) is 5.75 Å². The molecule has 104 valence electrons. The number of hydrogen-bond acceptors (Lipinski definition) is 3. The highest BCUT2D eigenvalue weighted by Gasteiger charge is 2.35. The summed E-state index contributed by atoms with van der Waals surface area (Å²) in [5.41, 5.74) is 2.35. The van der Waals surface area contributed by atoms with Crippen molar-refractivity contribution < 1.29 is 14.9 Å². The van der Waals surface area contributed by atoms with E-state index in [2.05, 4.69) is 0 Å². The van der Waals surface area contributed by atoms with E-state index in [1.807, 2.05) is 36.4 Å². The van der Waals surface area contributed by atoms with Gasteiger partial charge in [-0.25, -0.2) is 0 Å². The van der Waals surface area contributed by atoms with Crippen molar-refractivity contribution in [3.05, 3.63) is 65.2 Å². The van der Waals surface area contributed by atoms with Crippen LogP contribution in [0.1, 0.15) is 16.7 Å². The lowest BCUT2D eigenvalue weighted by molar-refractivity contribution is -0.0446. The molecule has 0 spiro atoms. The summed E-state index contributed by atoms with van der Waals surface area (Å²) in [6.45, 7) is 0.808.